The van der Waals surface area contributed by atoms with Crippen LogP contribution in [0.25, 0.3) is 11.3 Å². The van der Waals surface area contributed by atoms with E-state index >= 15 is 0 Å². The van der Waals surface area contributed by atoms with E-state index in [4.69, 9.17) is 4.52 Å². The van der Waals surface area contributed by atoms with Crippen LogP contribution in [0.3, 0.4) is 0 Å². The lowest BCUT2D eigenvalue weighted by atomic mass is 10.0. The Balaban J connectivity index is 2.03. The monoisotopic (exact) mass is 292 g/mol. The number of fused-ring (bicyclic) bond motifs is 1. The molecule has 3 rings (SSSR count). The third kappa shape index (κ3) is 2.09. The molecule has 0 amide bonds. The van der Waals surface area contributed by atoms with Gasteiger partial charge >= 0.3 is 0 Å². The van der Waals surface area contributed by atoms with E-state index in [1.807, 2.05) is 12.1 Å². The molecule has 17 heavy (non-hydrogen) atoms. The Morgan fingerprint density at radius 2 is 2.00 bits per heavy atom. The van der Waals surface area contributed by atoms with E-state index in [1.54, 1.807) is 0 Å². The summed E-state index contributed by atoms with van der Waals surface area (Å²) in [6.07, 6.45) is 3.41. The van der Waals surface area contributed by atoms with E-state index in [0.29, 0.717) is 0 Å². The molecule has 2 aromatic rings. The number of anilines is 1. The Labute approximate surface area is 108 Å². The fourth-order valence-electron chi connectivity index (χ4n) is 2.14. The van der Waals surface area contributed by atoms with E-state index < -0.39 is 0 Å². The minimum absolute atomic E-state index is 0.848. The van der Waals surface area contributed by atoms with Crippen LogP contribution in [-0.4, -0.2) is 11.7 Å². The molecule has 0 spiro atoms. The molecule has 1 aromatic heterocycles. The summed E-state index contributed by atoms with van der Waals surface area (Å²) in [6, 6.07) is 8.18. The fourth-order valence-corrected chi connectivity index (χ4v) is 2.41. The van der Waals surface area contributed by atoms with Gasteiger partial charge in [0.2, 0.25) is 5.88 Å². The molecular weight excluding hydrogens is 280 g/mol. The second-order valence-electron chi connectivity index (χ2n) is 4.23. The van der Waals surface area contributed by atoms with Crippen LogP contribution in [-0.2, 0) is 6.42 Å². The van der Waals surface area contributed by atoms with Crippen LogP contribution >= 0.6 is 15.9 Å². The lowest BCUT2D eigenvalue weighted by Crippen LogP contribution is -1.97. The molecule has 0 atom stereocenters. The molecule has 0 bridgehead atoms. The van der Waals surface area contributed by atoms with Crippen LogP contribution in [0, 0.1) is 0 Å². The normalized spacial score (nSPS) is 14.9. The van der Waals surface area contributed by atoms with Gasteiger partial charge < -0.3 is 9.84 Å². The first-order chi connectivity index (χ1) is 8.34. The van der Waals surface area contributed by atoms with E-state index in [0.717, 1.165) is 34.6 Å². The average Bonchev–Trinajstić information content (AvgIpc) is 2.60. The Kier molecular flexibility index (Phi) is 2.89. The van der Waals surface area contributed by atoms with Crippen molar-refractivity contribution in [2.45, 2.75) is 19.3 Å². The first-order valence-corrected chi connectivity index (χ1v) is 6.62. The van der Waals surface area contributed by atoms with E-state index in [2.05, 4.69) is 38.5 Å². The van der Waals surface area contributed by atoms with Gasteiger partial charge in [0.15, 0.2) is 0 Å². The van der Waals surface area contributed by atoms with Crippen molar-refractivity contribution in [2.75, 3.05) is 11.9 Å². The van der Waals surface area contributed by atoms with Crippen molar-refractivity contribution in [3.05, 3.63) is 34.3 Å². The Morgan fingerprint density at radius 3 is 2.82 bits per heavy atom. The van der Waals surface area contributed by atoms with Gasteiger partial charge in [-0.2, -0.15) is 0 Å². The van der Waals surface area contributed by atoms with E-state index in [-0.39, 0.29) is 0 Å². The van der Waals surface area contributed by atoms with Gasteiger partial charge in [-0.1, -0.05) is 33.2 Å². The van der Waals surface area contributed by atoms with E-state index in [1.165, 1.54) is 18.4 Å². The predicted molar refractivity (Wildman–Crippen MR) is 71.1 cm³/mol. The van der Waals surface area contributed by atoms with Crippen molar-refractivity contribution < 1.29 is 4.52 Å². The summed E-state index contributed by atoms with van der Waals surface area (Å²) < 4.78 is 6.46. The van der Waals surface area contributed by atoms with Crippen molar-refractivity contribution in [3.8, 4) is 11.3 Å². The van der Waals surface area contributed by atoms with Crippen LogP contribution in [0.2, 0.25) is 0 Å². The predicted octanol–water partition coefficient (Wildman–Crippen LogP) is 3.85. The summed E-state index contributed by atoms with van der Waals surface area (Å²) in [6.45, 7) is 0.974. The highest BCUT2D eigenvalue weighted by Crippen LogP contribution is 2.32. The van der Waals surface area contributed by atoms with Crippen LogP contribution in [0.15, 0.2) is 33.3 Å². The number of nitrogens with zero attached hydrogens (tertiary/aromatic N) is 1. The zero-order valence-electron chi connectivity index (χ0n) is 9.37. The zero-order chi connectivity index (χ0) is 11.7. The topological polar surface area (TPSA) is 38.1 Å². The molecule has 0 unspecified atom stereocenters. The van der Waals surface area contributed by atoms with Crippen LogP contribution in [0.1, 0.15) is 18.4 Å². The molecule has 0 aliphatic carbocycles. The van der Waals surface area contributed by atoms with Crippen molar-refractivity contribution >= 4 is 21.8 Å². The zero-order valence-corrected chi connectivity index (χ0v) is 11.0. The summed E-state index contributed by atoms with van der Waals surface area (Å²) >= 11 is 3.44. The number of nitrogens with one attached hydrogen (secondary N) is 1. The van der Waals surface area contributed by atoms with Crippen molar-refractivity contribution in [1.29, 1.82) is 0 Å². The maximum atomic E-state index is 5.38. The summed E-state index contributed by atoms with van der Waals surface area (Å²) in [4.78, 5) is 0. The molecule has 2 heterocycles. The fraction of sp³-hybridized carbons (Fsp3) is 0.308. The van der Waals surface area contributed by atoms with Crippen molar-refractivity contribution in [3.63, 3.8) is 0 Å². The molecule has 1 aromatic carbocycles. The largest absolute Gasteiger partial charge is 0.354 e. The highest BCUT2D eigenvalue weighted by Gasteiger charge is 2.18. The Bertz CT molecular complexity index is 519. The maximum Gasteiger partial charge on any atom is 0.228 e. The third-order valence-electron chi connectivity index (χ3n) is 3.04. The van der Waals surface area contributed by atoms with Gasteiger partial charge in [0, 0.05) is 22.1 Å². The molecule has 0 fully saturated rings. The van der Waals surface area contributed by atoms with Gasteiger partial charge in [0.25, 0.3) is 0 Å². The third-order valence-corrected chi connectivity index (χ3v) is 3.57. The van der Waals surface area contributed by atoms with Gasteiger partial charge in [-0.05, 0) is 31.4 Å². The Morgan fingerprint density at radius 1 is 1.18 bits per heavy atom. The molecule has 88 valence electrons. The molecule has 1 aliphatic heterocycles. The lowest BCUT2D eigenvalue weighted by Gasteiger charge is -2.00. The molecule has 3 nitrogen and oxygen atoms in total. The van der Waals surface area contributed by atoms with Crippen molar-refractivity contribution in [1.82, 2.24) is 5.16 Å². The number of halogens is 1. The van der Waals surface area contributed by atoms with Gasteiger partial charge in [0.1, 0.15) is 5.69 Å². The highest BCUT2D eigenvalue weighted by molar-refractivity contribution is 9.10. The van der Waals surface area contributed by atoms with Gasteiger partial charge in [-0.25, -0.2) is 0 Å². The highest BCUT2D eigenvalue weighted by atomic mass is 79.9. The average molecular weight is 293 g/mol. The summed E-state index contributed by atoms with van der Waals surface area (Å²) in [5, 5.41) is 7.47. The molecule has 1 aliphatic rings. The standard InChI is InChI=1S/C13H13BrN2O/c14-10-6-4-9(5-7-10)12-11-3-1-2-8-15-13(11)17-16-12/h4-7,15H,1-3,8H2. The first-order valence-electron chi connectivity index (χ1n) is 5.83. The first kappa shape index (κ1) is 10.8. The second-order valence-corrected chi connectivity index (χ2v) is 5.15. The summed E-state index contributed by atoms with van der Waals surface area (Å²) in [7, 11) is 0. The molecule has 0 saturated carbocycles. The smallest absolute Gasteiger partial charge is 0.228 e. The molecule has 1 N–H and O–H groups in total. The molecule has 0 radical (unpaired) electrons. The van der Waals surface area contributed by atoms with Crippen LogP contribution in [0.5, 0.6) is 0 Å². The van der Waals surface area contributed by atoms with Gasteiger partial charge in [0.05, 0.1) is 0 Å². The maximum absolute atomic E-state index is 5.38. The number of hydrogen-bond donors (Lipinski definition) is 1. The van der Waals surface area contributed by atoms with E-state index in [9.17, 15) is 0 Å². The lowest BCUT2D eigenvalue weighted by molar-refractivity contribution is 0.434. The second kappa shape index (κ2) is 4.53. The van der Waals surface area contributed by atoms with Gasteiger partial charge in [-0.3, -0.25) is 0 Å². The SMILES string of the molecule is Brc1ccc(-c2noc3c2CCCCN3)cc1. The van der Waals surface area contributed by atoms with Gasteiger partial charge in [-0.15, -0.1) is 0 Å². The van der Waals surface area contributed by atoms with Crippen molar-refractivity contribution in [2.24, 2.45) is 0 Å². The summed E-state index contributed by atoms with van der Waals surface area (Å²) in [5.41, 5.74) is 3.30. The summed E-state index contributed by atoms with van der Waals surface area (Å²) in [5.74, 6) is 0.848. The molecular formula is C13H13BrN2O. The molecule has 4 heteroatoms. The minimum Gasteiger partial charge on any atom is -0.354 e. The van der Waals surface area contributed by atoms with Crippen LogP contribution in [0.4, 0.5) is 5.88 Å². The number of benzene rings is 1. The number of rotatable bonds is 1. The number of hydrogen-bond acceptors (Lipinski definition) is 3. The quantitative estimate of drug-likeness (QED) is 0.867. The molecule has 0 saturated heterocycles. The number of aromatic nitrogens is 1. The Hall–Kier alpha value is -1.29. The minimum atomic E-state index is 0.848. The van der Waals surface area contributed by atoms with Crippen LogP contribution < -0.4 is 5.32 Å².